The van der Waals surface area contributed by atoms with Crippen LogP contribution in [0.5, 0.6) is 5.75 Å². The molecule has 6 nitrogen and oxygen atoms in total. The summed E-state index contributed by atoms with van der Waals surface area (Å²) in [5.74, 6) is 1.25. The lowest BCUT2D eigenvalue weighted by molar-refractivity contribution is 0.404. The molecule has 0 saturated heterocycles. The lowest BCUT2D eigenvalue weighted by Crippen LogP contribution is -2.22. The van der Waals surface area contributed by atoms with E-state index < -0.39 is 10.0 Å². The second-order valence-corrected chi connectivity index (χ2v) is 6.13. The summed E-state index contributed by atoms with van der Waals surface area (Å²) < 4.78 is 37.1. The highest BCUT2D eigenvalue weighted by Crippen LogP contribution is 2.16. The molecular weight excluding hydrogens is 292 g/mol. The van der Waals surface area contributed by atoms with Crippen LogP contribution >= 0.6 is 0 Å². The lowest BCUT2D eigenvalue weighted by Gasteiger charge is -2.06. The second-order valence-electron chi connectivity index (χ2n) is 4.43. The third kappa shape index (κ3) is 4.07. The Hall–Kier alpha value is -1.83. The molecule has 0 atom stereocenters. The monoisotopic (exact) mass is 310 g/mol. The van der Waals surface area contributed by atoms with Crippen molar-refractivity contribution in [3.63, 3.8) is 0 Å². The van der Waals surface area contributed by atoms with E-state index in [9.17, 15) is 8.42 Å². The van der Waals surface area contributed by atoms with Crippen LogP contribution < -0.4 is 14.8 Å². The molecule has 0 saturated carbocycles. The largest absolute Gasteiger partial charge is 0.497 e. The Morgan fingerprint density at radius 1 is 1.19 bits per heavy atom. The minimum absolute atomic E-state index is 0.0874. The van der Waals surface area contributed by atoms with Crippen molar-refractivity contribution >= 4 is 10.0 Å². The molecule has 0 bridgehead atoms. The van der Waals surface area contributed by atoms with Gasteiger partial charge in [0.2, 0.25) is 5.09 Å². The van der Waals surface area contributed by atoms with Crippen LogP contribution in [-0.2, 0) is 23.1 Å². The van der Waals surface area contributed by atoms with Gasteiger partial charge in [0.25, 0.3) is 10.0 Å². The quantitative estimate of drug-likeness (QED) is 0.810. The summed E-state index contributed by atoms with van der Waals surface area (Å²) in [6.45, 7) is 0.646. The molecular formula is C14H18N2O4S. The summed E-state index contributed by atoms with van der Waals surface area (Å²) in [7, 11) is -0.334. The molecule has 0 amide bonds. The Balaban J connectivity index is 2.06. The van der Waals surface area contributed by atoms with Crippen molar-refractivity contribution in [1.82, 2.24) is 10.0 Å². The summed E-state index contributed by atoms with van der Waals surface area (Å²) in [5, 5.41) is 2.81. The lowest BCUT2D eigenvalue weighted by atomic mass is 10.2. The topological polar surface area (TPSA) is 80.6 Å². The van der Waals surface area contributed by atoms with E-state index in [1.54, 1.807) is 38.4 Å². The Labute approximate surface area is 124 Å². The van der Waals surface area contributed by atoms with E-state index >= 15 is 0 Å². The van der Waals surface area contributed by atoms with E-state index in [2.05, 4.69) is 10.0 Å². The van der Waals surface area contributed by atoms with Crippen molar-refractivity contribution in [3.8, 4) is 5.75 Å². The molecule has 1 aromatic heterocycles. The standard InChI is InChI=1S/C14H18N2O4S/c1-15-10-13-6-7-14(20-13)21(17,18)16-9-11-4-3-5-12(8-11)19-2/h3-8,15-16H,9-10H2,1-2H3. The molecule has 1 heterocycles. The minimum Gasteiger partial charge on any atom is -0.497 e. The van der Waals surface area contributed by atoms with Gasteiger partial charge in [-0.15, -0.1) is 0 Å². The zero-order valence-corrected chi connectivity index (χ0v) is 12.7. The van der Waals surface area contributed by atoms with E-state index in [0.717, 1.165) is 5.56 Å². The van der Waals surface area contributed by atoms with Gasteiger partial charge in [-0.1, -0.05) is 12.1 Å². The SMILES string of the molecule is CNCc1ccc(S(=O)(=O)NCc2cccc(OC)c2)o1. The van der Waals surface area contributed by atoms with E-state index in [1.807, 2.05) is 6.07 Å². The molecule has 0 radical (unpaired) electrons. The Morgan fingerprint density at radius 2 is 2.00 bits per heavy atom. The zero-order valence-electron chi connectivity index (χ0n) is 11.9. The van der Waals surface area contributed by atoms with Crippen LogP contribution in [0, 0.1) is 0 Å². The predicted octanol–water partition coefficient (Wildman–Crippen LogP) is 1.49. The number of hydrogen-bond donors (Lipinski definition) is 2. The fourth-order valence-electron chi connectivity index (χ4n) is 1.80. The summed E-state index contributed by atoms with van der Waals surface area (Å²) >= 11 is 0. The van der Waals surface area contributed by atoms with Crippen LogP contribution in [0.1, 0.15) is 11.3 Å². The van der Waals surface area contributed by atoms with Gasteiger partial charge < -0.3 is 14.5 Å². The van der Waals surface area contributed by atoms with E-state index in [0.29, 0.717) is 18.1 Å². The molecule has 7 heteroatoms. The Kier molecular flexibility index (Phi) is 5.00. The van der Waals surface area contributed by atoms with Crippen molar-refractivity contribution in [2.75, 3.05) is 14.2 Å². The van der Waals surface area contributed by atoms with Crippen LogP contribution in [0.2, 0.25) is 0 Å². The van der Waals surface area contributed by atoms with Gasteiger partial charge in [-0.3, -0.25) is 0 Å². The number of rotatable bonds is 7. The maximum absolute atomic E-state index is 12.1. The number of hydrogen-bond acceptors (Lipinski definition) is 5. The molecule has 2 rings (SSSR count). The molecule has 0 spiro atoms. The fourth-order valence-corrected chi connectivity index (χ4v) is 2.77. The van der Waals surface area contributed by atoms with E-state index in [-0.39, 0.29) is 11.6 Å². The maximum atomic E-state index is 12.1. The van der Waals surface area contributed by atoms with Gasteiger partial charge in [0, 0.05) is 6.54 Å². The maximum Gasteiger partial charge on any atom is 0.274 e. The van der Waals surface area contributed by atoms with Gasteiger partial charge in [0.1, 0.15) is 11.5 Å². The number of ether oxygens (including phenoxy) is 1. The summed E-state index contributed by atoms with van der Waals surface area (Å²) in [6, 6.07) is 10.3. The highest BCUT2D eigenvalue weighted by molar-refractivity contribution is 7.89. The van der Waals surface area contributed by atoms with Gasteiger partial charge in [-0.25, -0.2) is 13.1 Å². The molecule has 2 N–H and O–H groups in total. The number of benzene rings is 1. The van der Waals surface area contributed by atoms with Crippen molar-refractivity contribution in [2.24, 2.45) is 0 Å². The fraction of sp³-hybridized carbons (Fsp3) is 0.286. The van der Waals surface area contributed by atoms with Gasteiger partial charge >= 0.3 is 0 Å². The van der Waals surface area contributed by atoms with Crippen LogP contribution in [0.3, 0.4) is 0 Å². The first-order valence-corrected chi connectivity index (χ1v) is 7.89. The first kappa shape index (κ1) is 15.6. The molecule has 21 heavy (non-hydrogen) atoms. The molecule has 2 aromatic rings. The average Bonchev–Trinajstić information content (AvgIpc) is 2.95. The first-order chi connectivity index (χ1) is 10.0. The van der Waals surface area contributed by atoms with Gasteiger partial charge in [0.15, 0.2) is 0 Å². The molecule has 0 aliphatic heterocycles. The molecule has 1 aromatic carbocycles. The van der Waals surface area contributed by atoms with Crippen molar-refractivity contribution in [2.45, 2.75) is 18.2 Å². The molecule has 114 valence electrons. The van der Waals surface area contributed by atoms with Crippen LogP contribution in [-0.4, -0.2) is 22.6 Å². The van der Waals surface area contributed by atoms with E-state index in [4.69, 9.17) is 9.15 Å². The van der Waals surface area contributed by atoms with Gasteiger partial charge in [-0.2, -0.15) is 0 Å². The third-order valence-corrected chi connectivity index (χ3v) is 4.13. The molecule has 0 fully saturated rings. The number of nitrogens with one attached hydrogen (secondary N) is 2. The zero-order chi connectivity index (χ0) is 15.3. The summed E-state index contributed by atoms with van der Waals surface area (Å²) in [4.78, 5) is 0. The molecule has 0 unspecified atom stereocenters. The van der Waals surface area contributed by atoms with Gasteiger partial charge in [0.05, 0.1) is 13.7 Å². The highest BCUT2D eigenvalue weighted by Gasteiger charge is 2.18. The van der Waals surface area contributed by atoms with Gasteiger partial charge in [-0.05, 0) is 36.9 Å². The average molecular weight is 310 g/mol. The van der Waals surface area contributed by atoms with Crippen molar-refractivity contribution in [1.29, 1.82) is 0 Å². The highest BCUT2D eigenvalue weighted by atomic mass is 32.2. The number of sulfonamides is 1. The third-order valence-electron chi connectivity index (χ3n) is 2.85. The van der Waals surface area contributed by atoms with Crippen molar-refractivity contribution < 1.29 is 17.6 Å². The molecule has 0 aliphatic rings. The minimum atomic E-state index is -3.66. The molecule has 0 aliphatic carbocycles. The summed E-state index contributed by atoms with van der Waals surface area (Å²) in [5.41, 5.74) is 0.805. The number of furan rings is 1. The Morgan fingerprint density at radius 3 is 2.71 bits per heavy atom. The van der Waals surface area contributed by atoms with Crippen LogP contribution in [0.4, 0.5) is 0 Å². The Bertz CT molecular complexity index is 695. The van der Waals surface area contributed by atoms with E-state index in [1.165, 1.54) is 6.07 Å². The predicted molar refractivity (Wildman–Crippen MR) is 78.5 cm³/mol. The number of methoxy groups -OCH3 is 1. The first-order valence-electron chi connectivity index (χ1n) is 6.41. The van der Waals surface area contributed by atoms with Crippen LogP contribution in [0.25, 0.3) is 0 Å². The smallest absolute Gasteiger partial charge is 0.274 e. The van der Waals surface area contributed by atoms with Crippen molar-refractivity contribution in [3.05, 3.63) is 47.7 Å². The summed E-state index contributed by atoms with van der Waals surface area (Å²) in [6.07, 6.45) is 0. The normalized spacial score (nSPS) is 11.5. The second kappa shape index (κ2) is 6.75. The van der Waals surface area contributed by atoms with Crippen LogP contribution in [0.15, 0.2) is 45.9 Å².